The van der Waals surface area contributed by atoms with Crippen molar-refractivity contribution >= 4 is 14.1 Å². The summed E-state index contributed by atoms with van der Waals surface area (Å²) in [7, 11) is 0.159. The first-order valence-electron chi connectivity index (χ1n) is 6.56. The van der Waals surface area contributed by atoms with Crippen LogP contribution in [-0.2, 0) is 10.8 Å². The topological polar surface area (TPSA) is 18.5 Å². The highest BCUT2D eigenvalue weighted by atomic mass is 28.4. The smallest absolute Gasteiger partial charge is 0.242 e. The molecule has 2 rings (SSSR count). The van der Waals surface area contributed by atoms with Gasteiger partial charge in [0.15, 0.2) is 0 Å². The fourth-order valence-electron chi connectivity index (χ4n) is 2.21. The molecule has 0 radical (unpaired) electrons. The van der Waals surface area contributed by atoms with Crippen LogP contribution in [0.5, 0.6) is 5.75 Å². The molecule has 0 spiro atoms. The van der Waals surface area contributed by atoms with E-state index in [0.717, 1.165) is 24.4 Å². The van der Waals surface area contributed by atoms with Crippen molar-refractivity contribution in [3.05, 3.63) is 35.4 Å². The molecule has 18 heavy (non-hydrogen) atoms. The molecule has 0 heterocycles. The van der Waals surface area contributed by atoms with Gasteiger partial charge >= 0.3 is 0 Å². The summed E-state index contributed by atoms with van der Waals surface area (Å²) in [6.45, 7) is 6.67. The Morgan fingerprint density at radius 3 is 2.61 bits per heavy atom. The first-order chi connectivity index (χ1) is 8.49. The molecular weight excluding hydrogens is 240 g/mol. The van der Waals surface area contributed by atoms with Crippen LogP contribution in [0.4, 0.5) is 0 Å². The van der Waals surface area contributed by atoms with Gasteiger partial charge in [-0.05, 0) is 68.7 Å². The van der Waals surface area contributed by atoms with E-state index < -0.39 is 8.32 Å². The zero-order valence-corrected chi connectivity index (χ0v) is 12.7. The van der Waals surface area contributed by atoms with Crippen molar-refractivity contribution in [2.45, 2.75) is 38.9 Å². The fraction of sp³-hybridized carbons (Fsp3) is 0.467. The average molecular weight is 262 g/mol. The molecule has 98 valence electrons. The van der Waals surface area contributed by atoms with E-state index in [2.05, 4.69) is 37.8 Å². The van der Waals surface area contributed by atoms with Gasteiger partial charge in [-0.15, -0.1) is 0 Å². The Balaban J connectivity index is 2.37. The van der Waals surface area contributed by atoms with E-state index in [1.807, 2.05) is 6.07 Å². The quantitative estimate of drug-likeness (QED) is 0.759. The van der Waals surface area contributed by atoms with E-state index in [-0.39, 0.29) is 0 Å². The lowest BCUT2D eigenvalue weighted by Gasteiger charge is -2.23. The molecule has 0 atom stereocenters. The molecule has 0 unspecified atom stereocenters. The highest BCUT2D eigenvalue weighted by Crippen LogP contribution is 2.31. The molecule has 1 aliphatic carbocycles. The molecule has 0 saturated heterocycles. The van der Waals surface area contributed by atoms with E-state index in [4.69, 9.17) is 9.16 Å². The fourth-order valence-corrected chi connectivity index (χ4v) is 3.06. The highest BCUT2D eigenvalue weighted by molar-refractivity contribution is 6.70. The van der Waals surface area contributed by atoms with Gasteiger partial charge < -0.3 is 9.16 Å². The maximum atomic E-state index is 6.22. The van der Waals surface area contributed by atoms with Gasteiger partial charge in [0.05, 0.1) is 7.11 Å². The van der Waals surface area contributed by atoms with Crippen molar-refractivity contribution in [1.82, 2.24) is 0 Å². The maximum Gasteiger partial charge on any atom is 0.242 e. The van der Waals surface area contributed by atoms with Crippen LogP contribution in [0.25, 0.3) is 5.76 Å². The van der Waals surface area contributed by atoms with Crippen LogP contribution in [-0.4, -0.2) is 15.4 Å². The van der Waals surface area contributed by atoms with E-state index in [9.17, 15) is 0 Å². The average Bonchev–Trinajstić information content (AvgIpc) is 2.49. The largest absolute Gasteiger partial charge is 0.544 e. The SMILES string of the molecule is COc1ccc2c(c1)CCCC=C2O[Si](C)(C)C. The van der Waals surface area contributed by atoms with Crippen LogP contribution in [0.2, 0.25) is 19.6 Å². The third-order valence-electron chi connectivity index (χ3n) is 2.97. The molecule has 1 aromatic carbocycles. The summed E-state index contributed by atoms with van der Waals surface area (Å²) in [6.07, 6.45) is 5.62. The summed E-state index contributed by atoms with van der Waals surface area (Å²) in [5.41, 5.74) is 2.59. The number of aryl methyl sites for hydroxylation is 1. The number of ether oxygens (including phenoxy) is 1. The Bertz CT molecular complexity index is 458. The first kappa shape index (κ1) is 13.2. The molecule has 1 aromatic rings. The van der Waals surface area contributed by atoms with Crippen molar-refractivity contribution < 1.29 is 9.16 Å². The Morgan fingerprint density at radius 2 is 1.94 bits per heavy atom. The van der Waals surface area contributed by atoms with Crippen molar-refractivity contribution in [3.8, 4) is 5.75 Å². The normalized spacial score (nSPS) is 15.4. The number of rotatable bonds is 3. The van der Waals surface area contributed by atoms with Crippen molar-refractivity contribution in [2.75, 3.05) is 7.11 Å². The van der Waals surface area contributed by atoms with Crippen LogP contribution < -0.4 is 4.74 Å². The molecule has 0 bridgehead atoms. The molecule has 2 nitrogen and oxygen atoms in total. The molecule has 0 fully saturated rings. The van der Waals surface area contributed by atoms with Crippen LogP contribution in [0.15, 0.2) is 24.3 Å². The van der Waals surface area contributed by atoms with Gasteiger partial charge in [-0.1, -0.05) is 0 Å². The lowest BCUT2D eigenvalue weighted by molar-refractivity contribution is 0.414. The van der Waals surface area contributed by atoms with Crippen LogP contribution in [0, 0.1) is 0 Å². The van der Waals surface area contributed by atoms with Crippen molar-refractivity contribution in [2.24, 2.45) is 0 Å². The molecule has 0 saturated carbocycles. The highest BCUT2D eigenvalue weighted by Gasteiger charge is 2.21. The second kappa shape index (κ2) is 5.18. The number of allylic oxidation sites excluding steroid dienone is 1. The zero-order valence-electron chi connectivity index (χ0n) is 11.7. The van der Waals surface area contributed by atoms with Gasteiger partial charge in [-0.25, -0.2) is 0 Å². The van der Waals surface area contributed by atoms with Crippen molar-refractivity contribution in [3.63, 3.8) is 0 Å². The van der Waals surface area contributed by atoms with Gasteiger partial charge in [0.1, 0.15) is 11.5 Å². The van der Waals surface area contributed by atoms with E-state index >= 15 is 0 Å². The van der Waals surface area contributed by atoms with Crippen LogP contribution >= 0.6 is 0 Å². The van der Waals surface area contributed by atoms with E-state index in [1.54, 1.807) is 7.11 Å². The van der Waals surface area contributed by atoms with Gasteiger partial charge in [-0.3, -0.25) is 0 Å². The predicted molar refractivity (Wildman–Crippen MR) is 78.3 cm³/mol. The molecule has 3 heteroatoms. The number of benzene rings is 1. The first-order valence-corrected chi connectivity index (χ1v) is 9.97. The molecule has 0 aliphatic heterocycles. The van der Waals surface area contributed by atoms with E-state index in [0.29, 0.717) is 0 Å². The number of hydrogen-bond donors (Lipinski definition) is 0. The number of methoxy groups -OCH3 is 1. The van der Waals surface area contributed by atoms with Crippen LogP contribution in [0.3, 0.4) is 0 Å². The van der Waals surface area contributed by atoms with Gasteiger partial charge in [-0.2, -0.15) is 0 Å². The summed E-state index contributed by atoms with van der Waals surface area (Å²) in [4.78, 5) is 0. The Hall–Kier alpha value is -1.22. The predicted octanol–water partition coefficient (Wildman–Crippen LogP) is 4.22. The number of hydrogen-bond acceptors (Lipinski definition) is 2. The second-order valence-corrected chi connectivity index (χ2v) is 10.1. The molecular formula is C15H22O2Si. The Labute approximate surface area is 111 Å². The molecule has 0 N–H and O–H groups in total. The van der Waals surface area contributed by atoms with Gasteiger partial charge in [0.25, 0.3) is 0 Å². The van der Waals surface area contributed by atoms with Gasteiger partial charge in [0.2, 0.25) is 8.32 Å². The zero-order chi connectivity index (χ0) is 13.2. The minimum absolute atomic E-state index is 0.933. The third kappa shape index (κ3) is 3.16. The van der Waals surface area contributed by atoms with Crippen molar-refractivity contribution in [1.29, 1.82) is 0 Å². The maximum absolute atomic E-state index is 6.22. The summed E-state index contributed by atoms with van der Waals surface area (Å²) in [5, 5.41) is 0. The summed E-state index contributed by atoms with van der Waals surface area (Å²) in [5.74, 6) is 2.01. The monoisotopic (exact) mass is 262 g/mol. The van der Waals surface area contributed by atoms with Gasteiger partial charge in [0, 0.05) is 5.56 Å². The number of fused-ring (bicyclic) bond motifs is 1. The molecule has 0 aromatic heterocycles. The lowest BCUT2D eigenvalue weighted by Crippen LogP contribution is -2.24. The summed E-state index contributed by atoms with van der Waals surface area (Å²) in [6, 6.07) is 6.29. The minimum atomic E-state index is -1.56. The summed E-state index contributed by atoms with van der Waals surface area (Å²) >= 11 is 0. The minimum Gasteiger partial charge on any atom is -0.544 e. The lowest BCUT2D eigenvalue weighted by atomic mass is 10.0. The second-order valence-electron chi connectivity index (χ2n) is 5.70. The standard InChI is InChI=1S/C15H22O2Si/c1-16-13-9-10-14-12(11-13)7-5-6-8-15(14)17-18(2,3)4/h8-11H,5-7H2,1-4H3. The molecule has 0 amide bonds. The third-order valence-corrected chi connectivity index (χ3v) is 3.81. The summed E-state index contributed by atoms with van der Waals surface area (Å²) < 4.78 is 11.5. The molecule has 1 aliphatic rings. The Morgan fingerprint density at radius 1 is 1.17 bits per heavy atom. The Kier molecular flexibility index (Phi) is 3.81. The van der Waals surface area contributed by atoms with E-state index in [1.165, 1.54) is 17.5 Å². The van der Waals surface area contributed by atoms with Crippen LogP contribution in [0.1, 0.15) is 24.0 Å².